The molecule has 8 heteroatoms. The predicted molar refractivity (Wildman–Crippen MR) is 123 cm³/mol. The summed E-state index contributed by atoms with van der Waals surface area (Å²) in [6.07, 6.45) is 11.1. The molecule has 0 aliphatic heterocycles. The highest BCUT2D eigenvalue weighted by Crippen LogP contribution is 2.36. The Kier molecular flexibility index (Phi) is 6.96. The first-order valence-corrected chi connectivity index (χ1v) is 11.1. The van der Waals surface area contributed by atoms with Crippen molar-refractivity contribution in [1.82, 2.24) is 20.2 Å². The van der Waals surface area contributed by atoms with Gasteiger partial charge in [-0.1, -0.05) is 66.6 Å². The minimum atomic E-state index is -0.388. The summed E-state index contributed by atoms with van der Waals surface area (Å²) in [5, 5.41) is 17.4. The zero-order valence-electron chi connectivity index (χ0n) is 17.0. The van der Waals surface area contributed by atoms with Crippen LogP contribution < -0.4 is 10.1 Å². The van der Waals surface area contributed by atoms with Gasteiger partial charge < -0.3 is 10.1 Å². The number of anilines is 1. The Labute approximate surface area is 191 Å². The molecule has 0 radical (unpaired) electrons. The number of rotatable bonds is 7. The summed E-state index contributed by atoms with van der Waals surface area (Å²) in [4.78, 5) is 0. The van der Waals surface area contributed by atoms with E-state index in [-0.39, 0.29) is 18.7 Å². The Balaban J connectivity index is 1.78. The van der Waals surface area contributed by atoms with Crippen molar-refractivity contribution < 1.29 is 4.74 Å². The number of hydrogen-bond donors (Lipinski definition) is 1. The molecule has 0 bridgehead atoms. The topological polar surface area (TPSA) is 64.9 Å². The molecule has 1 saturated carbocycles. The van der Waals surface area contributed by atoms with E-state index in [2.05, 4.69) is 26.8 Å². The van der Waals surface area contributed by atoms with E-state index < -0.39 is 0 Å². The van der Waals surface area contributed by atoms with E-state index in [0.29, 0.717) is 21.6 Å². The summed E-state index contributed by atoms with van der Waals surface area (Å²) >= 11 is 12.5. The third kappa shape index (κ3) is 5.12. The zero-order chi connectivity index (χ0) is 21.6. The Morgan fingerprint density at radius 2 is 1.87 bits per heavy atom. The number of ether oxygens (including phenoxy) is 1. The van der Waals surface area contributed by atoms with Crippen LogP contribution >= 0.6 is 23.2 Å². The molecule has 2 aromatic carbocycles. The minimum absolute atomic E-state index is 0.167. The van der Waals surface area contributed by atoms with Crippen LogP contribution in [0, 0.1) is 12.3 Å². The van der Waals surface area contributed by atoms with Crippen LogP contribution in [0.4, 0.5) is 5.69 Å². The number of para-hydroxylation sites is 1. The summed E-state index contributed by atoms with van der Waals surface area (Å²) in [5.74, 6) is 3.90. The molecule has 1 unspecified atom stereocenters. The lowest BCUT2D eigenvalue weighted by Crippen LogP contribution is -2.23. The number of terminal acetylenes is 1. The quantitative estimate of drug-likeness (QED) is 0.462. The number of aromatic nitrogens is 4. The SMILES string of the molecule is C#CCOc1ccccc1C(Nc1cc(Cl)cc(Cl)c1)c1nnnn1C1CCCCC1. The molecule has 0 spiro atoms. The highest BCUT2D eigenvalue weighted by atomic mass is 35.5. The summed E-state index contributed by atoms with van der Waals surface area (Å²) < 4.78 is 7.78. The number of benzene rings is 2. The Morgan fingerprint density at radius 1 is 1.13 bits per heavy atom. The Morgan fingerprint density at radius 3 is 2.61 bits per heavy atom. The van der Waals surface area contributed by atoms with Gasteiger partial charge in [0.25, 0.3) is 0 Å². The fraction of sp³-hybridized carbons (Fsp3) is 0.348. The van der Waals surface area contributed by atoms with E-state index in [4.69, 9.17) is 34.4 Å². The van der Waals surface area contributed by atoms with Gasteiger partial charge in [0.15, 0.2) is 5.82 Å². The molecule has 3 aromatic rings. The molecule has 31 heavy (non-hydrogen) atoms. The Bertz CT molecular complexity index is 1050. The fourth-order valence-corrected chi connectivity index (χ4v) is 4.56. The molecule has 4 rings (SSSR count). The number of nitrogens with one attached hydrogen (secondary N) is 1. The van der Waals surface area contributed by atoms with Crippen molar-refractivity contribution in [1.29, 1.82) is 0 Å². The molecule has 160 valence electrons. The predicted octanol–water partition coefficient (Wildman–Crippen LogP) is 5.70. The van der Waals surface area contributed by atoms with Crippen LogP contribution in [0.2, 0.25) is 10.0 Å². The summed E-state index contributed by atoms with van der Waals surface area (Å²) in [7, 11) is 0. The van der Waals surface area contributed by atoms with E-state index in [1.807, 2.05) is 41.1 Å². The molecule has 6 nitrogen and oxygen atoms in total. The van der Waals surface area contributed by atoms with Crippen LogP contribution in [0.1, 0.15) is 55.6 Å². The molecule has 1 heterocycles. The number of tetrazole rings is 1. The van der Waals surface area contributed by atoms with E-state index >= 15 is 0 Å². The molecule has 0 amide bonds. The van der Waals surface area contributed by atoms with Crippen molar-refractivity contribution in [2.24, 2.45) is 0 Å². The first-order valence-electron chi connectivity index (χ1n) is 10.3. The molecule has 1 aliphatic rings. The van der Waals surface area contributed by atoms with E-state index in [9.17, 15) is 0 Å². The van der Waals surface area contributed by atoms with Crippen molar-refractivity contribution in [3.05, 3.63) is 63.9 Å². The lowest BCUT2D eigenvalue weighted by Gasteiger charge is -2.26. The van der Waals surface area contributed by atoms with Gasteiger partial charge in [-0.25, -0.2) is 4.68 Å². The van der Waals surface area contributed by atoms with Crippen molar-refractivity contribution >= 4 is 28.9 Å². The number of hydrogen-bond acceptors (Lipinski definition) is 5. The van der Waals surface area contributed by atoms with Crippen LogP contribution in [0.5, 0.6) is 5.75 Å². The number of nitrogens with zero attached hydrogens (tertiary/aromatic N) is 4. The molecule has 0 saturated heterocycles. The molecular weight excluding hydrogens is 433 g/mol. The highest BCUT2D eigenvalue weighted by molar-refractivity contribution is 6.35. The molecule has 1 atom stereocenters. The maximum atomic E-state index is 6.24. The number of halogens is 2. The second-order valence-corrected chi connectivity index (χ2v) is 8.41. The maximum absolute atomic E-state index is 6.24. The third-order valence-electron chi connectivity index (χ3n) is 5.41. The normalized spacial score (nSPS) is 15.3. The van der Waals surface area contributed by atoms with Gasteiger partial charge in [0.05, 0.1) is 6.04 Å². The van der Waals surface area contributed by atoms with Gasteiger partial charge in [-0.15, -0.1) is 11.5 Å². The lowest BCUT2D eigenvalue weighted by molar-refractivity contribution is 0.314. The van der Waals surface area contributed by atoms with Crippen molar-refractivity contribution in [2.45, 2.75) is 44.2 Å². The second kappa shape index (κ2) is 10.0. The summed E-state index contributed by atoms with van der Waals surface area (Å²) in [6, 6.07) is 12.9. The first kappa shape index (κ1) is 21.5. The van der Waals surface area contributed by atoms with Gasteiger partial charge >= 0.3 is 0 Å². The van der Waals surface area contributed by atoms with Crippen LogP contribution in [0.25, 0.3) is 0 Å². The molecule has 1 aliphatic carbocycles. The van der Waals surface area contributed by atoms with Crippen molar-refractivity contribution in [2.75, 3.05) is 11.9 Å². The van der Waals surface area contributed by atoms with Crippen molar-refractivity contribution in [3.63, 3.8) is 0 Å². The van der Waals surface area contributed by atoms with Gasteiger partial charge in [-0.05, 0) is 47.5 Å². The smallest absolute Gasteiger partial charge is 0.178 e. The minimum Gasteiger partial charge on any atom is -0.481 e. The van der Waals surface area contributed by atoms with Gasteiger partial charge in [0, 0.05) is 21.3 Å². The van der Waals surface area contributed by atoms with Crippen LogP contribution in [-0.2, 0) is 0 Å². The van der Waals surface area contributed by atoms with Crippen LogP contribution in [0.15, 0.2) is 42.5 Å². The van der Waals surface area contributed by atoms with E-state index in [1.165, 1.54) is 19.3 Å². The fourth-order valence-electron chi connectivity index (χ4n) is 4.03. The van der Waals surface area contributed by atoms with Crippen LogP contribution in [-0.4, -0.2) is 26.8 Å². The first-order chi connectivity index (χ1) is 15.2. The van der Waals surface area contributed by atoms with Gasteiger partial charge in [-0.3, -0.25) is 0 Å². The standard InChI is InChI=1S/C23H23Cl2N5O/c1-2-12-31-21-11-7-6-10-20(21)22(26-18-14-16(24)13-17(25)15-18)23-27-28-29-30(23)19-8-4-3-5-9-19/h1,6-7,10-11,13-15,19,22,26H,3-5,8-9,12H2. The molecule has 1 aromatic heterocycles. The van der Waals surface area contributed by atoms with Gasteiger partial charge in [0.1, 0.15) is 18.4 Å². The van der Waals surface area contributed by atoms with Gasteiger partial charge in [-0.2, -0.15) is 0 Å². The monoisotopic (exact) mass is 455 g/mol. The van der Waals surface area contributed by atoms with Crippen molar-refractivity contribution in [3.8, 4) is 18.1 Å². The summed E-state index contributed by atoms with van der Waals surface area (Å²) in [5.41, 5.74) is 1.63. The summed E-state index contributed by atoms with van der Waals surface area (Å²) in [6.45, 7) is 0.167. The van der Waals surface area contributed by atoms with E-state index in [1.54, 1.807) is 6.07 Å². The zero-order valence-corrected chi connectivity index (χ0v) is 18.5. The largest absolute Gasteiger partial charge is 0.481 e. The molecule has 1 fully saturated rings. The van der Waals surface area contributed by atoms with Crippen LogP contribution in [0.3, 0.4) is 0 Å². The molecular formula is C23H23Cl2N5O. The van der Waals surface area contributed by atoms with Gasteiger partial charge in [0.2, 0.25) is 0 Å². The average molecular weight is 456 g/mol. The average Bonchev–Trinajstić information content (AvgIpc) is 3.26. The third-order valence-corrected chi connectivity index (χ3v) is 5.85. The second-order valence-electron chi connectivity index (χ2n) is 7.54. The Hall–Kier alpha value is -2.75. The highest BCUT2D eigenvalue weighted by Gasteiger charge is 2.28. The lowest BCUT2D eigenvalue weighted by atomic mass is 9.95. The molecule has 1 N–H and O–H groups in total. The maximum Gasteiger partial charge on any atom is 0.178 e. The van der Waals surface area contributed by atoms with E-state index in [0.717, 1.165) is 24.1 Å².